The Morgan fingerprint density at radius 2 is 1.80 bits per heavy atom. The SMILES string of the molecule is Cc1ccc(-c2cccc(Cc3cccc(-n4[c-][n+](C)cc4)c3)c2)[nH]1. The average molecular weight is 327 g/mol. The minimum Gasteiger partial charge on any atom is -0.359 e. The van der Waals surface area contributed by atoms with E-state index in [0.717, 1.165) is 12.1 Å². The van der Waals surface area contributed by atoms with Crippen LogP contribution in [-0.2, 0) is 13.5 Å². The van der Waals surface area contributed by atoms with Crippen molar-refractivity contribution in [1.82, 2.24) is 9.55 Å². The highest BCUT2D eigenvalue weighted by molar-refractivity contribution is 5.61. The quantitative estimate of drug-likeness (QED) is 0.433. The summed E-state index contributed by atoms with van der Waals surface area (Å²) in [5.74, 6) is 0. The van der Waals surface area contributed by atoms with Crippen LogP contribution in [0.15, 0.2) is 73.1 Å². The molecule has 0 aliphatic rings. The van der Waals surface area contributed by atoms with E-state index in [1.807, 2.05) is 28.6 Å². The zero-order valence-corrected chi connectivity index (χ0v) is 14.5. The third-order valence-corrected chi connectivity index (χ3v) is 4.37. The van der Waals surface area contributed by atoms with Gasteiger partial charge in [-0.2, -0.15) is 0 Å². The monoisotopic (exact) mass is 327 g/mol. The minimum absolute atomic E-state index is 0.911. The number of hydrogen-bond acceptors (Lipinski definition) is 0. The third-order valence-electron chi connectivity index (χ3n) is 4.37. The van der Waals surface area contributed by atoms with Gasteiger partial charge in [0, 0.05) is 23.8 Å². The maximum atomic E-state index is 3.41. The molecule has 4 aromatic rings. The number of aryl methyl sites for hydroxylation is 2. The van der Waals surface area contributed by atoms with Gasteiger partial charge in [0.15, 0.2) is 0 Å². The van der Waals surface area contributed by atoms with E-state index in [9.17, 15) is 0 Å². The summed E-state index contributed by atoms with van der Waals surface area (Å²) in [5.41, 5.74) is 7.32. The second kappa shape index (κ2) is 6.44. The summed E-state index contributed by atoms with van der Waals surface area (Å²) >= 11 is 0. The lowest BCUT2D eigenvalue weighted by Gasteiger charge is -2.08. The first kappa shape index (κ1) is 15.5. The van der Waals surface area contributed by atoms with Crippen molar-refractivity contribution < 1.29 is 4.57 Å². The van der Waals surface area contributed by atoms with Crippen LogP contribution in [0.1, 0.15) is 16.8 Å². The van der Waals surface area contributed by atoms with Gasteiger partial charge in [-0.05, 0) is 48.2 Å². The Hall–Kier alpha value is -3.07. The van der Waals surface area contributed by atoms with E-state index in [1.54, 1.807) is 0 Å². The van der Waals surface area contributed by atoms with Gasteiger partial charge in [-0.15, -0.1) is 0 Å². The van der Waals surface area contributed by atoms with Crippen LogP contribution in [0.3, 0.4) is 0 Å². The molecule has 3 nitrogen and oxygen atoms in total. The van der Waals surface area contributed by atoms with Crippen molar-refractivity contribution in [2.24, 2.45) is 7.05 Å². The second-order valence-electron chi connectivity index (χ2n) is 6.48. The number of nitrogens with zero attached hydrogens (tertiary/aromatic N) is 2. The molecule has 0 spiro atoms. The van der Waals surface area contributed by atoms with Crippen LogP contribution < -0.4 is 4.57 Å². The predicted octanol–water partition coefficient (Wildman–Crippen LogP) is 4.00. The van der Waals surface area contributed by atoms with E-state index in [1.165, 1.54) is 28.1 Å². The van der Waals surface area contributed by atoms with Gasteiger partial charge in [0.1, 0.15) is 0 Å². The molecule has 4 rings (SSSR count). The van der Waals surface area contributed by atoms with Crippen molar-refractivity contribution >= 4 is 0 Å². The first-order valence-corrected chi connectivity index (χ1v) is 8.48. The second-order valence-corrected chi connectivity index (χ2v) is 6.48. The minimum atomic E-state index is 0.911. The number of H-pyrrole nitrogens is 1. The molecule has 0 radical (unpaired) electrons. The molecule has 124 valence electrons. The van der Waals surface area contributed by atoms with Crippen LogP contribution in [0.2, 0.25) is 0 Å². The van der Waals surface area contributed by atoms with Crippen molar-refractivity contribution in [2.45, 2.75) is 13.3 Å². The molecule has 0 saturated heterocycles. The molecular weight excluding hydrogens is 306 g/mol. The molecule has 1 N–H and O–H groups in total. The van der Waals surface area contributed by atoms with Crippen molar-refractivity contribution in [1.29, 1.82) is 0 Å². The molecule has 3 heteroatoms. The summed E-state index contributed by atoms with van der Waals surface area (Å²) in [4.78, 5) is 3.41. The predicted molar refractivity (Wildman–Crippen MR) is 99.6 cm³/mol. The van der Waals surface area contributed by atoms with Gasteiger partial charge in [0.2, 0.25) is 6.33 Å². The summed E-state index contributed by atoms with van der Waals surface area (Å²) in [6.07, 6.45) is 8.17. The van der Waals surface area contributed by atoms with E-state index in [2.05, 4.69) is 78.9 Å². The molecule has 0 aliphatic carbocycles. The van der Waals surface area contributed by atoms with Crippen LogP contribution >= 0.6 is 0 Å². The zero-order chi connectivity index (χ0) is 17.2. The number of nitrogens with one attached hydrogen (secondary N) is 1. The molecule has 0 unspecified atom stereocenters. The molecular formula is C22H21N3. The van der Waals surface area contributed by atoms with E-state index in [0.29, 0.717) is 0 Å². The van der Waals surface area contributed by atoms with Gasteiger partial charge in [-0.25, -0.2) is 0 Å². The van der Waals surface area contributed by atoms with E-state index < -0.39 is 0 Å². The molecule has 0 bridgehead atoms. The molecule has 2 aromatic heterocycles. The molecule has 0 amide bonds. The lowest BCUT2D eigenvalue weighted by Crippen LogP contribution is -2.24. The summed E-state index contributed by atoms with van der Waals surface area (Å²) in [7, 11) is 1.98. The lowest BCUT2D eigenvalue weighted by atomic mass is 10.0. The Kier molecular flexibility index (Phi) is 3.98. The summed E-state index contributed by atoms with van der Waals surface area (Å²) in [6.45, 7) is 2.08. The number of aromatic nitrogens is 3. The number of benzene rings is 2. The normalized spacial score (nSPS) is 11.0. The molecule has 0 aliphatic heterocycles. The molecule has 25 heavy (non-hydrogen) atoms. The fraction of sp³-hybridized carbons (Fsp3) is 0.136. The highest BCUT2D eigenvalue weighted by Crippen LogP contribution is 2.21. The molecule has 0 fully saturated rings. The van der Waals surface area contributed by atoms with Crippen LogP contribution in [0.5, 0.6) is 0 Å². The molecule has 2 heterocycles. The zero-order valence-electron chi connectivity index (χ0n) is 14.5. The van der Waals surface area contributed by atoms with Crippen LogP contribution in [0.25, 0.3) is 16.9 Å². The highest BCUT2D eigenvalue weighted by Gasteiger charge is 2.04. The maximum absolute atomic E-state index is 3.41. The van der Waals surface area contributed by atoms with Gasteiger partial charge in [-0.1, -0.05) is 42.5 Å². The van der Waals surface area contributed by atoms with Crippen molar-refractivity contribution in [2.75, 3.05) is 0 Å². The summed E-state index contributed by atoms with van der Waals surface area (Å²) in [5, 5.41) is 0. The fourth-order valence-corrected chi connectivity index (χ4v) is 3.12. The van der Waals surface area contributed by atoms with Crippen molar-refractivity contribution in [3.05, 3.63) is 96.2 Å². The van der Waals surface area contributed by atoms with Crippen LogP contribution in [-0.4, -0.2) is 9.55 Å². The van der Waals surface area contributed by atoms with Crippen molar-refractivity contribution in [3.63, 3.8) is 0 Å². The van der Waals surface area contributed by atoms with Gasteiger partial charge in [-0.3, -0.25) is 0 Å². The van der Waals surface area contributed by atoms with Crippen LogP contribution in [0, 0.1) is 13.3 Å². The third kappa shape index (κ3) is 3.41. The van der Waals surface area contributed by atoms with E-state index >= 15 is 0 Å². The topological polar surface area (TPSA) is 24.6 Å². The first-order chi connectivity index (χ1) is 12.2. The largest absolute Gasteiger partial charge is 0.359 e. The molecule has 0 saturated carbocycles. The number of rotatable bonds is 4. The van der Waals surface area contributed by atoms with Gasteiger partial charge >= 0.3 is 0 Å². The Morgan fingerprint density at radius 3 is 2.52 bits per heavy atom. The Morgan fingerprint density at radius 1 is 1.00 bits per heavy atom. The molecule has 0 atom stereocenters. The number of aromatic amines is 1. The number of hydrogen-bond donors (Lipinski definition) is 1. The van der Waals surface area contributed by atoms with Crippen LogP contribution in [0.4, 0.5) is 0 Å². The summed E-state index contributed by atoms with van der Waals surface area (Å²) < 4.78 is 3.94. The Labute approximate surface area is 148 Å². The van der Waals surface area contributed by atoms with Gasteiger partial charge in [0.05, 0.1) is 12.7 Å². The fourth-order valence-electron chi connectivity index (χ4n) is 3.12. The van der Waals surface area contributed by atoms with E-state index in [4.69, 9.17) is 0 Å². The maximum Gasteiger partial charge on any atom is 0.243 e. The molecule has 2 aromatic carbocycles. The van der Waals surface area contributed by atoms with Crippen molar-refractivity contribution in [3.8, 4) is 16.9 Å². The summed E-state index contributed by atoms with van der Waals surface area (Å²) in [6, 6.07) is 21.6. The lowest BCUT2D eigenvalue weighted by molar-refractivity contribution is -0.674. The van der Waals surface area contributed by atoms with Gasteiger partial charge in [0.25, 0.3) is 0 Å². The first-order valence-electron chi connectivity index (χ1n) is 8.48. The van der Waals surface area contributed by atoms with Gasteiger partial charge < -0.3 is 14.1 Å². The van der Waals surface area contributed by atoms with E-state index in [-0.39, 0.29) is 0 Å². The average Bonchev–Trinajstić information content (AvgIpc) is 3.24. The highest BCUT2D eigenvalue weighted by atomic mass is 15.1. The Balaban J connectivity index is 1.60. The smallest absolute Gasteiger partial charge is 0.243 e. The Bertz CT molecular complexity index is 926. The number of imidazole rings is 1. The standard InChI is InChI=1S/C22H21N3/c1-17-9-10-22(23-17)20-7-3-5-18(14-20)13-19-6-4-8-21(15-19)25-12-11-24(2)16-25/h3-12,14-15,23H,13H2,1-2H3.